The number of rotatable bonds is 8. The molecule has 1 fully saturated rings. The fourth-order valence-electron chi connectivity index (χ4n) is 4.06. The third-order valence-corrected chi connectivity index (χ3v) is 7.81. The molecule has 13 heteroatoms. The van der Waals surface area contributed by atoms with Crippen molar-refractivity contribution in [2.24, 2.45) is 5.92 Å². The van der Waals surface area contributed by atoms with Crippen molar-refractivity contribution >= 4 is 46.9 Å². The monoisotopic (exact) mass is 508 g/mol. The Kier molecular flexibility index (Phi) is 6.66. The summed E-state index contributed by atoms with van der Waals surface area (Å²) in [4.78, 5) is 64.8. The number of likely N-dealkylation sites (tertiary alicyclic amines) is 1. The molecule has 1 aromatic heterocycles. The number of carbonyl (C=O) groups excluding carboxylic acids is 3. The van der Waals surface area contributed by atoms with Crippen LogP contribution >= 0.6 is 23.1 Å². The maximum absolute atomic E-state index is 13.2. The van der Waals surface area contributed by atoms with Gasteiger partial charge >= 0.3 is 16.8 Å². The van der Waals surface area contributed by atoms with E-state index in [4.69, 9.17) is 19.3 Å². The second kappa shape index (κ2) is 9.50. The van der Waals surface area contributed by atoms with Crippen LogP contribution in [-0.2, 0) is 23.9 Å². The lowest BCUT2D eigenvalue weighted by atomic mass is 9.83. The highest BCUT2D eigenvalue weighted by Crippen LogP contribution is 2.53. The number of amides is 2. The third kappa shape index (κ3) is 4.28. The molecule has 0 aliphatic carbocycles. The second-order valence-electron chi connectivity index (χ2n) is 7.41. The zero-order chi connectivity index (χ0) is 24.6. The van der Waals surface area contributed by atoms with E-state index in [-0.39, 0.29) is 29.6 Å². The van der Waals surface area contributed by atoms with Crippen LogP contribution in [0.25, 0.3) is 0 Å². The average molecular weight is 509 g/mol. The molecule has 4 rings (SSSR count). The van der Waals surface area contributed by atoms with Gasteiger partial charge in [-0.25, -0.2) is 4.79 Å². The number of nitrogens with one attached hydrogen (secondary N) is 1. The quantitative estimate of drug-likeness (QED) is 0.391. The second-order valence-corrected chi connectivity index (χ2v) is 9.58. The molecule has 11 nitrogen and oxygen atoms in total. The number of carbonyl (C=O) groups is 4. The van der Waals surface area contributed by atoms with E-state index in [1.807, 2.05) is 0 Å². The topological polar surface area (TPSA) is 152 Å². The molecule has 0 radical (unpaired) electrons. The number of methoxy groups -OCH3 is 1. The summed E-state index contributed by atoms with van der Waals surface area (Å²) >= 11 is 2.00. The summed E-state index contributed by atoms with van der Waals surface area (Å²) in [6.45, 7) is 0.842. The molecule has 1 saturated heterocycles. The van der Waals surface area contributed by atoms with Gasteiger partial charge in [0.25, 0.3) is 0 Å². The maximum Gasteiger partial charge on any atom is 0.344 e. The number of benzene rings is 1. The predicted molar refractivity (Wildman–Crippen MR) is 119 cm³/mol. The van der Waals surface area contributed by atoms with E-state index in [1.54, 1.807) is 25.1 Å². The van der Waals surface area contributed by atoms with E-state index in [0.717, 1.165) is 28.0 Å². The number of carboxylic acid groups (broad SMARTS) is 1. The molecule has 1 aromatic carbocycles. The van der Waals surface area contributed by atoms with E-state index in [9.17, 15) is 24.0 Å². The predicted octanol–water partition coefficient (Wildman–Crippen LogP) is 1.06. The summed E-state index contributed by atoms with van der Waals surface area (Å²) in [5.74, 6) is -4.09. The number of aromatic amines is 1. The van der Waals surface area contributed by atoms with Crippen LogP contribution < -0.4 is 14.3 Å². The van der Waals surface area contributed by atoms with Gasteiger partial charge in [-0.05, 0) is 24.6 Å². The first-order chi connectivity index (χ1) is 16.2. The number of nitrogens with zero attached hydrogens (tertiary/aromatic N) is 1. The first kappa shape index (κ1) is 23.8. The third-order valence-electron chi connectivity index (χ3n) is 5.41. The van der Waals surface area contributed by atoms with Gasteiger partial charge in [0, 0.05) is 10.8 Å². The summed E-state index contributed by atoms with van der Waals surface area (Å²) in [7, 11) is 1.41. The van der Waals surface area contributed by atoms with Crippen LogP contribution in [0.15, 0.2) is 28.0 Å². The van der Waals surface area contributed by atoms with Gasteiger partial charge in [0.2, 0.25) is 11.8 Å². The minimum absolute atomic E-state index is 0.216. The molecule has 2 aliphatic heterocycles. The lowest BCUT2D eigenvalue weighted by molar-refractivity contribution is -0.149. The number of thiazole rings is 1. The van der Waals surface area contributed by atoms with E-state index in [0.29, 0.717) is 15.5 Å². The van der Waals surface area contributed by atoms with Gasteiger partial charge in [0.1, 0.15) is 11.8 Å². The Morgan fingerprint density at radius 1 is 1.18 bits per heavy atom. The normalized spacial score (nSPS) is 21.1. The molecule has 0 unspecified atom stereocenters. The van der Waals surface area contributed by atoms with Crippen LogP contribution in [0, 0.1) is 5.92 Å². The van der Waals surface area contributed by atoms with Crippen LogP contribution in [0.2, 0.25) is 0 Å². The number of aliphatic carboxylic acids is 1. The molecule has 180 valence electrons. The smallest absolute Gasteiger partial charge is 0.344 e. The van der Waals surface area contributed by atoms with Crippen LogP contribution in [0.1, 0.15) is 23.3 Å². The summed E-state index contributed by atoms with van der Waals surface area (Å²) in [6, 6.07) is 4.84. The van der Waals surface area contributed by atoms with Gasteiger partial charge in [-0.1, -0.05) is 29.2 Å². The van der Waals surface area contributed by atoms with Crippen molar-refractivity contribution in [3.05, 3.63) is 38.3 Å². The molecule has 2 aromatic rings. The lowest BCUT2D eigenvalue weighted by Crippen LogP contribution is -2.36. The number of hydrogen-bond donors (Lipinski definition) is 2. The summed E-state index contributed by atoms with van der Waals surface area (Å²) in [5, 5.41) is 8.75. The van der Waals surface area contributed by atoms with Crippen molar-refractivity contribution in [1.29, 1.82) is 0 Å². The average Bonchev–Trinajstić information content (AvgIpc) is 3.28. The first-order valence-electron chi connectivity index (χ1n) is 10.2. The number of aromatic nitrogens is 1. The highest BCUT2D eigenvalue weighted by molar-refractivity contribution is 8.00. The summed E-state index contributed by atoms with van der Waals surface area (Å²) < 4.78 is 15.7. The summed E-state index contributed by atoms with van der Waals surface area (Å²) in [5.41, 5.74) is 0.574. The van der Waals surface area contributed by atoms with Crippen molar-refractivity contribution in [3.8, 4) is 11.5 Å². The van der Waals surface area contributed by atoms with E-state index in [2.05, 4.69) is 4.98 Å². The Morgan fingerprint density at radius 2 is 1.94 bits per heavy atom. The minimum atomic E-state index is -1.30. The standard InChI is InChI=1S/C21H20N2O9S2/c1-3-31-13(26)8-32-10-5-4-9(6-11(10)30-2)14-15-17(33-18-16(14)34-21(29)22-18)20(28)23(19(15)27)7-12(24)25/h4-6,14-15,17H,3,7-8H2,1-2H3,(H,22,29)(H,24,25)/t14-,15+,17-/m0/s1. The maximum atomic E-state index is 13.2. The first-order valence-corrected chi connectivity index (χ1v) is 11.9. The fraction of sp³-hybridized carbons (Fsp3) is 0.381. The zero-order valence-corrected chi connectivity index (χ0v) is 19.7. The molecule has 2 amide bonds. The molecule has 0 spiro atoms. The van der Waals surface area contributed by atoms with Gasteiger partial charge in [-0.15, -0.1) is 0 Å². The number of esters is 1. The molecule has 2 N–H and O–H groups in total. The molecular weight excluding hydrogens is 488 g/mol. The van der Waals surface area contributed by atoms with Gasteiger partial charge in [-0.2, -0.15) is 0 Å². The Bertz CT molecular complexity index is 1220. The van der Waals surface area contributed by atoms with Crippen LogP contribution in [0.4, 0.5) is 0 Å². The number of fused-ring (bicyclic) bond motifs is 2. The molecule has 0 bridgehead atoms. The van der Waals surface area contributed by atoms with Crippen LogP contribution in [0.5, 0.6) is 11.5 Å². The highest BCUT2D eigenvalue weighted by Gasteiger charge is 2.56. The van der Waals surface area contributed by atoms with Gasteiger partial charge in [0.05, 0.1) is 24.7 Å². The van der Waals surface area contributed by atoms with Crippen molar-refractivity contribution < 1.29 is 38.5 Å². The van der Waals surface area contributed by atoms with E-state index in [1.165, 1.54) is 7.11 Å². The Balaban J connectivity index is 1.73. The Morgan fingerprint density at radius 3 is 2.62 bits per heavy atom. The summed E-state index contributed by atoms with van der Waals surface area (Å²) in [6.07, 6.45) is 0. The van der Waals surface area contributed by atoms with Gasteiger partial charge in [0.15, 0.2) is 18.1 Å². The Labute approximate surface area is 201 Å². The molecular formula is C21H20N2O9S2. The highest BCUT2D eigenvalue weighted by atomic mass is 32.2. The molecule has 3 heterocycles. The van der Waals surface area contributed by atoms with Crippen molar-refractivity contribution in [1.82, 2.24) is 9.88 Å². The van der Waals surface area contributed by atoms with Crippen LogP contribution in [-0.4, -0.2) is 70.9 Å². The number of ether oxygens (including phenoxy) is 3. The molecule has 0 saturated carbocycles. The number of carboxylic acids is 1. The van der Waals surface area contributed by atoms with E-state index >= 15 is 0 Å². The number of thioether (sulfide) groups is 1. The largest absolute Gasteiger partial charge is 0.493 e. The lowest BCUT2D eigenvalue weighted by Gasteiger charge is -2.30. The SMILES string of the molecule is CCOC(=O)COc1ccc([C@@H]2c3sc(=O)[nH]c3S[C@@H]3C(=O)N(CC(=O)O)C(=O)[C@H]23)cc1OC. The van der Waals surface area contributed by atoms with Gasteiger partial charge < -0.3 is 24.3 Å². The molecule has 34 heavy (non-hydrogen) atoms. The molecule has 3 atom stereocenters. The fourth-order valence-corrected chi connectivity index (χ4v) is 6.60. The zero-order valence-electron chi connectivity index (χ0n) is 18.1. The van der Waals surface area contributed by atoms with Gasteiger partial charge in [-0.3, -0.25) is 24.1 Å². The van der Waals surface area contributed by atoms with Crippen LogP contribution in [0.3, 0.4) is 0 Å². The van der Waals surface area contributed by atoms with E-state index < -0.39 is 47.4 Å². The number of hydrogen-bond acceptors (Lipinski definition) is 10. The minimum Gasteiger partial charge on any atom is -0.493 e. The van der Waals surface area contributed by atoms with Crippen molar-refractivity contribution in [2.45, 2.75) is 23.1 Å². The number of H-pyrrole nitrogens is 1. The van der Waals surface area contributed by atoms with Crippen molar-refractivity contribution in [2.75, 3.05) is 26.9 Å². The number of imide groups is 1. The van der Waals surface area contributed by atoms with Crippen molar-refractivity contribution in [3.63, 3.8) is 0 Å². The Hall–Kier alpha value is -3.32. The molecule has 2 aliphatic rings.